The van der Waals surface area contributed by atoms with E-state index in [1.54, 1.807) is 0 Å². The standard InChI is InChI=1S/C16H38N2O6P2/c1-2-3-4-5-6-7-8-9-10-11-12-14-18-15-13-16(17,25(19,20)21)26(22,23)24/h18H,2-15,17H2,1H3,(H2,19,20,21)(H2,22,23,24). The fourth-order valence-corrected chi connectivity index (χ4v) is 4.94. The van der Waals surface area contributed by atoms with Crippen molar-refractivity contribution in [2.75, 3.05) is 13.1 Å². The Morgan fingerprint density at radius 2 is 1.12 bits per heavy atom. The number of nitrogens with one attached hydrogen (secondary N) is 1. The maximum Gasteiger partial charge on any atom is 0.357 e. The van der Waals surface area contributed by atoms with E-state index in [4.69, 9.17) is 25.3 Å². The lowest BCUT2D eigenvalue weighted by Crippen LogP contribution is -2.42. The Morgan fingerprint density at radius 3 is 1.50 bits per heavy atom. The molecule has 0 bridgehead atoms. The zero-order valence-corrected chi connectivity index (χ0v) is 17.8. The van der Waals surface area contributed by atoms with Gasteiger partial charge < -0.3 is 30.6 Å². The van der Waals surface area contributed by atoms with Gasteiger partial charge in [-0.1, -0.05) is 71.1 Å². The molecule has 0 aliphatic heterocycles. The molecule has 0 heterocycles. The van der Waals surface area contributed by atoms with Crippen LogP contribution in [-0.4, -0.2) is 37.7 Å². The molecule has 0 aliphatic rings. The van der Waals surface area contributed by atoms with E-state index in [1.165, 1.54) is 51.4 Å². The van der Waals surface area contributed by atoms with Gasteiger partial charge in [-0.3, -0.25) is 9.13 Å². The Morgan fingerprint density at radius 1 is 0.731 bits per heavy atom. The van der Waals surface area contributed by atoms with Crippen LogP contribution in [0.5, 0.6) is 0 Å². The Bertz CT molecular complexity index is 430. The van der Waals surface area contributed by atoms with Crippen molar-refractivity contribution in [1.82, 2.24) is 5.32 Å². The van der Waals surface area contributed by atoms with Crippen molar-refractivity contribution >= 4 is 15.2 Å². The average Bonchev–Trinajstić information content (AvgIpc) is 2.52. The third-order valence-electron chi connectivity index (χ3n) is 4.64. The fourth-order valence-electron chi connectivity index (χ4n) is 2.77. The van der Waals surface area contributed by atoms with Crippen LogP contribution in [0.15, 0.2) is 0 Å². The Balaban J connectivity index is 3.67. The molecule has 26 heavy (non-hydrogen) atoms. The molecule has 0 rings (SSSR count). The number of unbranched alkanes of at least 4 members (excludes halogenated alkanes) is 10. The van der Waals surface area contributed by atoms with Crippen molar-refractivity contribution in [3.8, 4) is 0 Å². The first-order valence-electron chi connectivity index (χ1n) is 9.67. The summed E-state index contributed by atoms with van der Waals surface area (Å²) in [5.74, 6) is 0. The van der Waals surface area contributed by atoms with Crippen LogP contribution < -0.4 is 11.1 Å². The number of rotatable bonds is 17. The minimum Gasteiger partial charge on any atom is -0.323 e. The quantitative estimate of drug-likeness (QED) is 0.156. The van der Waals surface area contributed by atoms with Gasteiger partial charge in [0.15, 0.2) is 0 Å². The molecule has 0 aromatic rings. The third kappa shape index (κ3) is 10.5. The molecule has 0 amide bonds. The molecule has 8 nitrogen and oxygen atoms in total. The summed E-state index contributed by atoms with van der Waals surface area (Å²) < 4.78 is 22.6. The van der Waals surface area contributed by atoms with Gasteiger partial charge in [0.25, 0.3) is 0 Å². The van der Waals surface area contributed by atoms with Gasteiger partial charge >= 0.3 is 15.2 Å². The molecule has 0 saturated heterocycles. The van der Waals surface area contributed by atoms with Gasteiger partial charge in [-0.25, -0.2) is 0 Å². The molecule has 0 radical (unpaired) electrons. The molecule has 0 fully saturated rings. The summed E-state index contributed by atoms with van der Waals surface area (Å²) in [6, 6.07) is 0. The first-order chi connectivity index (χ1) is 12.1. The predicted molar refractivity (Wildman–Crippen MR) is 105 cm³/mol. The summed E-state index contributed by atoms with van der Waals surface area (Å²) >= 11 is 0. The lowest BCUT2D eigenvalue weighted by molar-refractivity contribution is 0.301. The van der Waals surface area contributed by atoms with Gasteiger partial charge in [-0.15, -0.1) is 0 Å². The van der Waals surface area contributed by atoms with Gasteiger partial charge in [-0.2, -0.15) is 0 Å². The van der Waals surface area contributed by atoms with E-state index in [2.05, 4.69) is 12.2 Å². The van der Waals surface area contributed by atoms with Gasteiger partial charge in [0.05, 0.1) is 0 Å². The fraction of sp³-hybridized carbons (Fsp3) is 1.00. The Kier molecular flexibility index (Phi) is 13.5. The zero-order valence-electron chi connectivity index (χ0n) is 16.0. The highest BCUT2D eigenvalue weighted by molar-refractivity contribution is 7.72. The van der Waals surface area contributed by atoms with Crippen molar-refractivity contribution in [2.45, 2.75) is 89.0 Å². The van der Waals surface area contributed by atoms with E-state index in [0.29, 0.717) is 6.54 Å². The summed E-state index contributed by atoms with van der Waals surface area (Å²) in [6.45, 7) is 2.90. The maximum atomic E-state index is 11.3. The normalized spacial score (nSPS) is 13.3. The van der Waals surface area contributed by atoms with Gasteiger partial charge in [0.1, 0.15) is 0 Å². The molecule has 0 atom stereocenters. The number of nitrogens with two attached hydrogens (primary N) is 1. The van der Waals surface area contributed by atoms with Crippen LogP contribution in [0.1, 0.15) is 84.0 Å². The van der Waals surface area contributed by atoms with E-state index < -0.39 is 26.6 Å². The van der Waals surface area contributed by atoms with Crippen LogP contribution >= 0.6 is 15.2 Å². The van der Waals surface area contributed by atoms with Crippen molar-refractivity contribution < 1.29 is 28.7 Å². The van der Waals surface area contributed by atoms with Crippen LogP contribution in [0.2, 0.25) is 0 Å². The number of hydrogen-bond acceptors (Lipinski definition) is 4. The highest BCUT2D eigenvalue weighted by Gasteiger charge is 2.56. The number of hydrogen-bond donors (Lipinski definition) is 6. The lowest BCUT2D eigenvalue weighted by Gasteiger charge is -2.30. The van der Waals surface area contributed by atoms with Crippen LogP contribution in [0, 0.1) is 0 Å². The predicted octanol–water partition coefficient (Wildman–Crippen LogP) is 3.25. The summed E-state index contributed by atoms with van der Waals surface area (Å²) in [5, 5.41) is 0.134. The van der Waals surface area contributed by atoms with Crippen molar-refractivity contribution in [3.05, 3.63) is 0 Å². The van der Waals surface area contributed by atoms with Crippen LogP contribution in [0.25, 0.3) is 0 Å². The van der Waals surface area contributed by atoms with Crippen LogP contribution in [0.4, 0.5) is 0 Å². The molecule has 158 valence electrons. The second-order valence-corrected chi connectivity index (χ2v) is 11.1. The van der Waals surface area contributed by atoms with Crippen molar-refractivity contribution in [2.24, 2.45) is 5.73 Å². The molecule has 0 aromatic heterocycles. The summed E-state index contributed by atoms with van der Waals surface area (Å²) in [5.41, 5.74) is 5.33. The Labute approximate surface area is 157 Å². The molecule has 0 spiro atoms. The first-order valence-corrected chi connectivity index (χ1v) is 12.9. The molecule has 0 saturated carbocycles. The minimum atomic E-state index is -5.12. The van der Waals surface area contributed by atoms with Crippen molar-refractivity contribution in [3.63, 3.8) is 0 Å². The topological polar surface area (TPSA) is 153 Å². The van der Waals surface area contributed by atoms with E-state index in [9.17, 15) is 9.13 Å². The monoisotopic (exact) mass is 416 g/mol. The summed E-state index contributed by atoms with van der Waals surface area (Å²) in [7, 11) is -10.2. The summed E-state index contributed by atoms with van der Waals surface area (Å²) in [6.07, 6.45) is 13.0. The molecular formula is C16H38N2O6P2. The molecule has 0 aliphatic carbocycles. The van der Waals surface area contributed by atoms with Crippen LogP contribution in [-0.2, 0) is 9.13 Å². The zero-order chi connectivity index (χ0) is 20.1. The Hall–Kier alpha value is 0.220. The van der Waals surface area contributed by atoms with E-state index in [1.807, 2.05) is 0 Å². The second kappa shape index (κ2) is 13.4. The van der Waals surface area contributed by atoms with E-state index >= 15 is 0 Å². The molecular weight excluding hydrogens is 378 g/mol. The largest absolute Gasteiger partial charge is 0.357 e. The average molecular weight is 416 g/mol. The molecule has 7 N–H and O–H groups in total. The van der Waals surface area contributed by atoms with Crippen LogP contribution in [0.3, 0.4) is 0 Å². The first kappa shape index (κ1) is 26.2. The molecule has 0 aromatic carbocycles. The molecule has 10 heteroatoms. The highest BCUT2D eigenvalue weighted by atomic mass is 31.2. The smallest absolute Gasteiger partial charge is 0.323 e. The minimum absolute atomic E-state index is 0.0461. The van der Waals surface area contributed by atoms with Crippen molar-refractivity contribution in [1.29, 1.82) is 0 Å². The van der Waals surface area contributed by atoms with Gasteiger partial charge in [0.2, 0.25) is 5.02 Å². The third-order valence-corrected chi connectivity index (χ3v) is 8.66. The summed E-state index contributed by atoms with van der Waals surface area (Å²) in [4.78, 5) is 36.6. The second-order valence-electron chi connectivity index (χ2n) is 7.00. The van der Waals surface area contributed by atoms with Gasteiger partial charge in [0, 0.05) is 6.42 Å². The van der Waals surface area contributed by atoms with E-state index in [-0.39, 0.29) is 6.54 Å². The highest BCUT2D eigenvalue weighted by Crippen LogP contribution is 2.67. The lowest BCUT2D eigenvalue weighted by atomic mass is 10.1. The molecule has 0 unspecified atom stereocenters. The van der Waals surface area contributed by atoms with Gasteiger partial charge in [-0.05, 0) is 19.5 Å². The maximum absolute atomic E-state index is 11.3. The SMILES string of the molecule is CCCCCCCCCCCCCNCCC(N)(P(=O)(O)O)P(=O)(O)O. The van der Waals surface area contributed by atoms with E-state index in [0.717, 1.165) is 19.3 Å².